The topological polar surface area (TPSA) is 30.5 Å². The highest BCUT2D eigenvalue weighted by molar-refractivity contribution is 9.10. The largest absolute Gasteiger partial charge is 0.490 e. The minimum atomic E-state index is 0.746. The molecule has 2 aliphatic rings. The second-order valence-electron chi connectivity index (χ2n) is 5.30. The van der Waals surface area contributed by atoms with Crippen molar-refractivity contribution in [2.75, 3.05) is 26.3 Å². The summed E-state index contributed by atoms with van der Waals surface area (Å²) in [6.07, 6.45) is 4.53. The van der Waals surface area contributed by atoms with E-state index in [9.17, 15) is 0 Å². The molecule has 19 heavy (non-hydrogen) atoms. The maximum atomic E-state index is 5.93. The second kappa shape index (κ2) is 6.14. The van der Waals surface area contributed by atoms with Gasteiger partial charge in [-0.25, -0.2) is 0 Å². The molecule has 0 aliphatic carbocycles. The SMILES string of the molecule is Brc1ccc2c(c1CC1CCNCC1)OCCCO2. The third kappa shape index (κ3) is 3.06. The molecule has 1 fully saturated rings. The van der Waals surface area contributed by atoms with Crippen LogP contribution in [0.5, 0.6) is 11.5 Å². The van der Waals surface area contributed by atoms with Crippen LogP contribution in [0.25, 0.3) is 0 Å². The van der Waals surface area contributed by atoms with Gasteiger partial charge in [0.1, 0.15) is 0 Å². The number of hydrogen-bond donors (Lipinski definition) is 1. The molecule has 104 valence electrons. The van der Waals surface area contributed by atoms with E-state index in [1.165, 1.54) is 18.4 Å². The number of halogens is 1. The highest BCUT2D eigenvalue weighted by Gasteiger charge is 2.21. The van der Waals surface area contributed by atoms with Crippen LogP contribution in [0.15, 0.2) is 16.6 Å². The molecule has 1 N–H and O–H groups in total. The molecule has 0 spiro atoms. The Morgan fingerprint density at radius 1 is 1.16 bits per heavy atom. The molecule has 2 aliphatic heterocycles. The zero-order valence-corrected chi connectivity index (χ0v) is 12.7. The Hall–Kier alpha value is -0.740. The van der Waals surface area contributed by atoms with E-state index in [1.807, 2.05) is 6.07 Å². The molecule has 0 radical (unpaired) electrons. The Bertz CT molecular complexity index is 444. The fourth-order valence-corrected chi connectivity index (χ4v) is 3.31. The van der Waals surface area contributed by atoms with Gasteiger partial charge < -0.3 is 14.8 Å². The number of ether oxygens (including phenoxy) is 2. The summed E-state index contributed by atoms with van der Waals surface area (Å²) in [6, 6.07) is 4.10. The van der Waals surface area contributed by atoms with Crippen molar-refractivity contribution in [2.24, 2.45) is 5.92 Å². The molecule has 1 saturated heterocycles. The smallest absolute Gasteiger partial charge is 0.165 e. The lowest BCUT2D eigenvalue weighted by Crippen LogP contribution is -2.28. The predicted octanol–water partition coefficient (Wildman–Crippen LogP) is 3.15. The van der Waals surface area contributed by atoms with Crippen molar-refractivity contribution in [3.63, 3.8) is 0 Å². The van der Waals surface area contributed by atoms with Crippen LogP contribution in [0.4, 0.5) is 0 Å². The summed E-state index contributed by atoms with van der Waals surface area (Å²) in [5.74, 6) is 2.62. The minimum absolute atomic E-state index is 0.746. The molecule has 4 heteroatoms. The first-order valence-corrected chi connectivity index (χ1v) is 7.91. The molecule has 1 aromatic carbocycles. The summed E-state index contributed by atoms with van der Waals surface area (Å²) < 4.78 is 12.9. The summed E-state index contributed by atoms with van der Waals surface area (Å²) in [4.78, 5) is 0. The lowest BCUT2D eigenvalue weighted by molar-refractivity contribution is 0.294. The lowest BCUT2D eigenvalue weighted by Gasteiger charge is -2.24. The summed E-state index contributed by atoms with van der Waals surface area (Å²) in [7, 11) is 0. The first-order valence-electron chi connectivity index (χ1n) is 7.12. The van der Waals surface area contributed by atoms with Crippen LogP contribution in [0.2, 0.25) is 0 Å². The molecule has 3 nitrogen and oxygen atoms in total. The quantitative estimate of drug-likeness (QED) is 0.906. The summed E-state index contributed by atoms with van der Waals surface area (Å²) in [5.41, 5.74) is 1.28. The van der Waals surface area contributed by atoms with E-state index in [1.54, 1.807) is 0 Å². The Labute approximate surface area is 122 Å². The van der Waals surface area contributed by atoms with Crippen LogP contribution in [0, 0.1) is 5.92 Å². The van der Waals surface area contributed by atoms with Crippen molar-refractivity contribution in [3.05, 3.63) is 22.2 Å². The second-order valence-corrected chi connectivity index (χ2v) is 6.16. The molecule has 2 heterocycles. The van der Waals surface area contributed by atoms with E-state index < -0.39 is 0 Å². The number of rotatable bonds is 2. The van der Waals surface area contributed by atoms with Gasteiger partial charge in [0.15, 0.2) is 11.5 Å². The highest BCUT2D eigenvalue weighted by atomic mass is 79.9. The van der Waals surface area contributed by atoms with Gasteiger partial charge in [0, 0.05) is 16.5 Å². The fraction of sp³-hybridized carbons (Fsp3) is 0.600. The third-order valence-electron chi connectivity index (χ3n) is 3.91. The van der Waals surface area contributed by atoms with Gasteiger partial charge in [-0.15, -0.1) is 0 Å². The number of piperidine rings is 1. The average molecular weight is 326 g/mol. The van der Waals surface area contributed by atoms with E-state index in [0.29, 0.717) is 0 Å². The standard InChI is InChI=1S/C15H20BrNO2/c16-13-2-3-14-15(19-9-1-8-18-14)12(13)10-11-4-6-17-7-5-11/h2-3,11,17H,1,4-10H2. The summed E-state index contributed by atoms with van der Waals surface area (Å²) in [6.45, 7) is 3.77. The van der Waals surface area contributed by atoms with E-state index in [-0.39, 0.29) is 0 Å². The van der Waals surface area contributed by atoms with E-state index in [2.05, 4.69) is 27.3 Å². The molecule has 0 unspecified atom stereocenters. The number of benzene rings is 1. The monoisotopic (exact) mass is 325 g/mol. The zero-order chi connectivity index (χ0) is 13.1. The lowest BCUT2D eigenvalue weighted by atomic mass is 9.90. The van der Waals surface area contributed by atoms with Crippen LogP contribution >= 0.6 is 15.9 Å². The highest BCUT2D eigenvalue weighted by Crippen LogP contribution is 2.39. The molecular formula is C15H20BrNO2. The normalized spacial score (nSPS) is 20.1. The molecule has 0 amide bonds. The minimum Gasteiger partial charge on any atom is -0.490 e. The van der Waals surface area contributed by atoms with Crippen molar-refractivity contribution < 1.29 is 9.47 Å². The summed E-state index contributed by atoms with van der Waals surface area (Å²) in [5, 5.41) is 3.42. The Balaban J connectivity index is 1.86. The molecular weight excluding hydrogens is 306 g/mol. The predicted molar refractivity (Wildman–Crippen MR) is 79.0 cm³/mol. The first kappa shape index (κ1) is 13.3. The van der Waals surface area contributed by atoms with Gasteiger partial charge in [-0.05, 0) is 50.4 Å². The Kier molecular flexibility index (Phi) is 4.28. The van der Waals surface area contributed by atoms with Gasteiger partial charge in [0.25, 0.3) is 0 Å². The molecule has 0 bridgehead atoms. The van der Waals surface area contributed by atoms with Crippen molar-refractivity contribution >= 4 is 15.9 Å². The van der Waals surface area contributed by atoms with Crippen molar-refractivity contribution in [2.45, 2.75) is 25.7 Å². The van der Waals surface area contributed by atoms with Crippen molar-refractivity contribution in [1.29, 1.82) is 0 Å². The van der Waals surface area contributed by atoms with Crippen molar-refractivity contribution in [1.82, 2.24) is 5.32 Å². The Morgan fingerprint density at radius 3 is 2.79 bits per heavy atom. The molecule has 3 rings (SSSR count). The van der Waals surface area contributed by atoms with Crippen LogP contribution < -0.4 is 14.8 Å². The fourth-order valence-electron chi connectivity index (χ4n) is 2.83. The van der Waals surface area contributed by atoms with Gasteiger partial charge in [-0.3, -0.25) is 0 Å². The molecule has 0 atom stereocenters. The van der Waals surface area contributed by atoms with E-state index in [0.717, 1.165) is 61.0 Å². The van der Waals surface area contributed by atoms with Crippen LogP contribution in [-0.4, -0.2) is 26.3 Å². The average Bonchev–Trinajstić information content (AvgIpc) is 2.69. The van der Waals surface area contributed by atoms with Gasteiger partial charge in [0.2, 0.25) is 0 Å². The van der Waals surface area contributed by atoms with Gasteiger partial charge in [-0.1, -0.05) is 15.9 Å². The van der Waals surface area contributed by atoms with Gasteiger partial charge in [0.05, 0.1) is 13.2 Å². The maximum Gasteiger partial charge on any atom is 0.165 e. The third-order valence-corrected chi connectivity index (χ3v) is 4.65. The van der Waals surface area contributed by atoms with E-state index in [4.69, 9.17) is 9.47 Å². The van der Waals surface area contributed by atoms with Crippen LogP contribution in [0.1, 0.15) is 24.8 Å². The number of nitrogens with one attached hydrogen (secondary N) is 1. The number of fused-ring (bicyclic) bond motifs is 1. The van der Waals surface area contributed by atoms with Crippen LogP contribution in [0.3, 0.4) is 0 Å². The summed E-state index contributed by atoms with van der Waals surface area (Å²) >= 11 is 3.68. The van der Waals surface area contributed by atoms with E-state index >= 15 is 0 Å². The molecule has 1 aromatic rings. The van der Waals surface area contributed by atoms with Crippen LogP contribution in [-0.2, 0) is 6.42 Å². The molecule has 0 aromatic heterocycles. The van der Waals surface area contributed by atoms with Gasteiger partial charge >= 0.3 is 0 Å². The zero-order valence-electron chi connectivity index (χ0n) is 11.1. The number of hydrogen-bond acceptors (Lipinski definition) is 3. The molecule has 0 saturated carbocycles. The van der Waals surface area contributed by atoms with Crippen molar-refractivity contribution in [3.8, 4) is 11.5 Å². The first-order chi connectivity index (χ1) is 9.34. The Morgan fingerprint density at radius 2 is 1.95 bits per heavy atom. The van der Waals surface area contributed by atoms with Gasteiger partial charge in [-0.2, -0.15) is 0 Å². The maximum absolute atomic E-state index is 5.93.